The van der Waals surface area contributed by atoms with Crippen molar-refractivity contribution in [3.05, 3.63) is 479 Å². The fraction of sp³-hybridized carbons (Fsp3) is 0.164. The molecule has 760 valence electrons. The summed E-state index contributed by atoms with van der Waals surface area (Å²) in [4.78, 5) is 35.3. The number of pyridine rings is 8. The van der Waals surface area contributed by atoms with Gasteiger partial charge in [0.15, 0.2) is 0 Å². The smallest absolute Gasteiger partial charge is 0.121 e. The standard InChI is InChI=1S/C20H16NO.3C18H12NO.C16H18N.2C15H16N.C14H14N.4Ir/c1-12-4-5-19-15(8-12)16-9-14(3)10-17(20(16)22-19)18-11-13(2)6-7-21-18;1-12-8-9-13-14-5-4-6-15(16-7-2-3-10-19-16)18(14)20-17(13)11-12;1-12-9-10-19-16(11-12)15-7-4-6-14-13-5-2-3-8-17(13)20-18(14)15;1-12-9-10-16(19-11-12)15-7-4-6-14-13-5-2-3-8-17(13)20-18(14)15;1-11(2)14-7-13(4)8-15(10-14)16-9-12(3)5-6-17-16;1-11(2)13-5-4-6-14(9-13)15-8-7-12(3)10-16-15;1-11(2)13-5-4-6-14(10-13)15-9-12(3)7-8-16-15;1-11(2)12-6-5-7-13(10-12)14-8-3-4-9-15-14;;;;/h4-9,11H,1-3H3;2-5,7-11H,1H3;2*2-6,8-11H,1H3;5-7,9-11H,1-4H3;2*4-5,7-11H,1-3H3;3-6,8-11H,1-2H3;;;;/q8*-1;;;;. The minimum Gasteiger partial charge on any atom is -0.501 e. The molecular weight excluding hydrogens is 2550 g/mol. The minimum atomic E-state index is 0. The van der Waals surface area contributed by atoms with Crippen LogP contribution in [0.3, 0.4) is 0 Å². The molecule has 150 heavy (non-hydrogen) atoms. The van der Waals surface area contributed by atoms with Crippen molar-refractivity contribution in [2.45, 2.75) is 148 Å². The first-order valence-corrected chi connectivity index (χ1v) is 49.6. The summed E-state index contributed by atoms with van der Waals surface area (Å²) >= 11 is 0. The number of fused-ring (bicyclic) bond motifs is 12. The van der Waals surface area contributed by atoms with E-state index in [9.17, 15) is 0 Å². The monoisotopic (exact) mass is 2670 g/mol. The summed E-state index contributed by atoms with van der Waals surface area (Å²) in [7, 11) is 0. The Morgan fingerprint density at radius 2 is 0.533 bits per heavy atom. The van der Waals surface area contributed by atoms with Crippen molar-refractivity contribution >= 4 is 87.8 Å². The van der Waals surface area contributed by atoms with Gasteiger partial charge in [-0.1, -0.05) is 268 Å². The molecule has 16 heteroatoms. The third kappa shape index (κ3) is 28.0. The third-order valence-corrected chi connectivity index (χ3v) is 25.2. The molecule has 0 spiro atoms. The molecule has 24 rings (SSSR count). The second kappa shape index (κ2) is 52.7. The van der Waals surface area contributed by atoms with E-state index >= 15 is 0 Å². The molecule has 0 bridgehead atoms. The molecule has 0 N–H and O–H groups in total. The van der Waals surface area contributed by atoms with E-state index in [1.54, 1.807) is 6.20 Å². The molecule has 12 heterocycles. The number of aryl methyl sites for hydroxylation is 10. The van der Waals surface area contributed by atoms with Crippen LogP contribution in [0.25, 0.3) is 178 Å². The first kappa shape index (κ1) is 113. The van der Waals surface area contributed by atoms with Gasteiger partial charge >= 0.3 is 0 Å². The Morgan fingerprint density at radius 3 is 0.987 bits per heavy atom. The van der Waals surface area contributed by atoms with Crippen LogP contribution in [0.5, 0.6) is 0 Å². The van der Waals surface area contributed by atoms with E-state index in [0.717, 1.165) is 189 Å². The summed E-state index contributed by atoms with van der Waals surface area (Å²) in [5.74, 6) is 2.16. The normalized spacial score (nSPS) is 10.8. The van der Waals surface area contributed by atoms with Gasteiger partial charge < -0.3 is 57.5 Å². The van der Waals surface area contributed by atoms with Crippen LogP contribution in [0.4, 0.5) is 0 Å². The van der Waals surface area contributed by atoms with Gasteiger partial charge in [0.05, 0.1) is 22.3 Å². The summed E-state index contributed by atoms with van der Waals surface area (Å²) in [6.07, 6.45) is 14.7. The number of rotatable bonds is 12. The average Bonchev–Trinajstić information content (AvgIpc) is 1.63. The number of nitrogens with zero attached hydrogens (tertiary/aromatic N) is 8. The molecule has 0 fully saturated rings. The minimum absolute atomic E-state index is 0. The first-order valence-electron chi connectivity index (χ1n) is 49.6. The maximum atomic E-state index is 6.12. The van der Waals surface area contributed by atoms with Crippen LogP contribution >= 0.6 is 0 Å². The van der Waals surface area contributed by atoms with Crippen LogP contribution in [0.1, 0.15) is 157 Å². The second-order valence-corrected chi connectivity index (χ2v) is 38.2. The third-order valence-electron chi connectivity index (χ3n) is 25.2. The van der Waals surface area contributed by atoms with E-state index in [-0.39, 0.29) is 80.4 Å². The topological polar surface area (TPSA) is 156 Å². The van der Waals surface area contributed by atoms with Gasteiger partial charge in [-0.3, -0.25) is 0 Å². The van der Waals surface area contributed by atoms with E-state index < -0.39 is 0 Å². The van der Waals surface area contributed by atoms with Crippen molar-refractivity contribution in [3.63, 3.8) is 0 Å². The number of aromatic nitrogens is 8. The van der Waals surface area contributed by atoms with Crippen LogP contribution in [-0.2, 0) is 80.4 Å². The molecule has 24 aromatic rings. The number of hydrogen-bond donors (Lipinski definition) is 0. The van der Waals surface area contributed by atoms with Crippen molar-refractivity contribution in [2.75, 3.05) is 0 Å². The maximum Gasteiger partial charge on any atom is 0.121 e. The fourth-order valence-electron chi connectivity index (χ4n) is 17.2. The average molecular weight is 2670 g/mol. The van der Waals surface area contributed by atoms with Crippen LogP contribution < -0.4 is 0 Å². The molecule has 0 aliphatic rings. The molecule has 12 nitrogen and oxygen atoms in total. The van der Waals surface area contributed by atoms with E-state index in [2.05, 4.69) is 333 Å². The molecule has 0 amide bonds. The van der Waals surface area contributed by atoms with Crippen LogP contribution in [-0.4, -0.2) is 39.9 Å². The predicted octanol–water partition coefficient (Wildman–Crippen LogP) is 35.6. The van der Waals surface area contributed by atoms with Crippen molar-refractivity contribution in [3.8, 4) is 90.1 Å². The second-order valence-electron chi connectivity index (χ2n) is 38.2. The van der Waals surface area contributed by atoms with Crippen LogP contribution in [0.15, 0.2) is 371 Å². The van der Waals surface area contributed by atoms with Crippen molar-refractivity contribution < 1.29 is 98.1 Å². The molecule has 0 atom stereocenters. The van der Waals surface area contributed by atoms with Crippen molar-refractivity contribution in [2.24, 2.45) is 0 Å². The Balaban J connectivity index is 0.000000143. The van der Waals surface area contributed by atoms with E-state index in [1.165, 1.54) is 66.8 Å². The Bertz CT molecular complexity index is 8650. The molecule has 0 unspecified atom stereocenters. The van der Waals surface area contributed by atoms with Gasteiger partial charge in [-0.05, 0) is 208 Å². The molecular formula is C134H116Ir4N8O4-8. The first-order chi connectivity index (χ1) is 70.8. The Kier molecular flexibility index (Phi) is 39.6. The van der Waals surface area contributed by atoms with Gasteiger partial charge in [0.2, 0.25) is 0 Å². The van der Waals surface area contributed by atoms with Crippen molar-refractivity contribution in [1.82, 2.24) is 39.9 Å². The largest absolute Gasteiger partial charge is 0.501 e. The van der Waals surface area contributed by atoms with E-state index in [4.69, 9.17) is 17.7 Å². The summed E-state index contributed by atoms with van der Waals surface area (Å²) in [6, 6.07) is 129. The number of hydrogen-bond acceptors (Lipinski definition) is 12. The van der Waals surface area contributed by atoms with Gasteiger partial charge in [-0.2, -0.15) is 0 Å². The summed E-state index contributed by atoms with van der Waals surface area (Å²) in [5, 5.41) is 9.01. The van der Waals surface area contributed by atoms with Gasteiger partial charge in [-0.15, -0.1) is 213 Å². The Hall–Kier alpha value is -14.4. The van der Waals surface area contributed by atoms with Crippen molar-refractivity contribution in [1.29, 1.82) is 0 Å². The van der Waals surface area contributed by atoms with Crippen LogP contribution in [0, 0.1) is 118 Å². The van der Waals surface area contributed by atoms with E-state index in [0.29, 0.717) is 23.7 Å². The fourth-order valence-corrected chi connectivity index (χ4v) is 17.2. The number of benzene rings is 12. The SMILES string of the molecule is CC(C)c1cc[c-]c(-c2ccccn2)c1.Cc1[c-]c(-c2cc(C)ccn2)c2oc3ccc(C)cc3c2c1.Cc1[c-]c(-c2cc(C)ccn2)cc(C(C)C)c1.Cc1ccc(-c2[c-]ccc(C(C)C)c2)nc1.Cc1ccc(-c2[c-]ccc3c2oc2ccccc23)nc1.Cc1ccc2c(c1)oc1c(-c3ccccn3)[c-]ccc12.Cc1ccnc(-c2[c-]ccc(C(C)C)c2)c1.Cc1ccnc(-c2[c-]ccc3c2oc2ccccc23)c1.[Ir].[Ir].[Ir].[Ir]. The zero-order chi connectivity index (χ0) is 102. The molecule has 0 saturated heterocycles. The maximum absolute atomic E-state index is 6.12. The van der Waals surface area contributed by atoms with Crippen LogP contribution in [0.2, 0.25) is 0 Å². The summed E-state index contributed by atoms with van der Waals surface area (Å²) in [5.41, 5.74) is 39.8. The van der Waals surface area contributed by atoms with Gasteiger partial charge in [0.25, 0.3) is 0 Å². The summed E-state index contributed by atoms with van der Waals surface area (Å²) in [6.45, 7) is 38.3. The predicted molar refractivity (Wildman–Crippen MR) is 601 cm³/mol. The van der Waals surface area contributed by atoms with Gasteiger partial charge in [-0.25, -0.2) is 0 Å². The molecule has 0 aliphatic carbocycles. The zero-order valence-electron chi connectivity index (χ0n) is 87.3. The quantitative estimate of drug-likeness (QED) is 0.107. The van der Waals surface area contributed by atoms with E-state index in [1.807, 2.05) is 227 Å². The molecule has 0 saturated carbocycles. The molecule has 12 aromatic heterocycles. The molecule has 4 radical (unpaired) electrons. The Labute approximate surface area is 935 Å². The number of furan rings is 4. The van der Waals surface area contributed by atoms with Gasteiger partial charge in [0, 0.05) is 152 Å². The summed E-state index contributed by atoms with van der Waals surface area (Å²) < 4.78 is 24.2. The molecule has 0 aliphatic heterocycles. The molecule has 12 aromatic carbocycles. The zero-order valence-corrected chi connectivity index (χ0v) is 96.9. The number of para-hydroxylation sites is 2. The Morgan fingerprint density at radius 1 is 0.200 bits per heavy atom. The van der Waals surface area contributed by atoms with Gasteiger partial charge in [0.1, 0.15) is 22.3 Å².